The minimum atomic E-state index is -0.140. The number of ether oxygens (including phenoxy) is 1. The lowest BCUT2D eigenvalue weighted by atomic mass is 9.94. The van der Waals surface area contributed by atoms with Crippen LogP contribution in [0.2, 0.25) is 0 Å². The highest BCUT2D eigenvalue weighted by Crippen LogP contribution is 2.22. The molecule has 0 radical (unpaired) electrons. The molecule has 0 aromatic heterocycles. The zero-order valence-electron chi connectivity index (χ0n) is 6.54. The Morgan fingerprint density at radius 3 is 2.60 bits per heavy atom. The zero-order chi connectivity index (χ0) is 7.56. The Morgan fingerprint density at radius 1 is 1.40 bits per heavy atom. The fraction of sp³-hybridized carbons (Fsp3) is 0.875. The predicted octanol–water partition coefficient (Wildman–Crippen LogP) is 1.39. The smallest absolute Gasteiger partial charge is 0.148 e. The molecule has 2 nitrogen and oxygen atoms in total. The van der Waals surface area contributed by atoms with Crippen LogP contribution in [0, 0.1) is 5.92 Å². The second kappa shape index (κ2) is 3.15. The molecule has 0 bridgehead atoms. The highest BCUT2D eigenvalue weighted by atomic mass is 16.5. The molecule has 0 aliphatic carbocycles. The van der Waals surface area contributed by atoms with Crippen LogP contribution in [0.5, 0.6) is 0 Å². The number of hydrogen-bond acceptors (Lipinski definition) is 2. The molecule has 0 aromatic carbocycles. The summed E-state index contributed by atoms with van der Waals surface area (Å²) < 4.78 is 5.34. The summed E-state index contributed by atoms with van der Waals surface area (Å²) in [7, 11) is 0. The Morgan fingerprint density at radius 2 is 2.10 bits per heavy atom. The minimum absolute atomic E-state index is 0.140. The molecule has 1 heterocycles. The van der Waals surface area contributed by atoms with Crippen molar-refractivity contribution in [2.45, 2.75) is 38.9 Å². The molecule has 0 amide bonds. The van der Waals surface area contributed by atoms with Gasteiger partial charge in [0.2, 0.25) is 0 Å². The molecule has 58 valence electrons. The highest BCUT2D eigenvalue weighted by Gasteiger charge is 2.23. The van der Waals surface area contributed by atoms with Gasteiger partial charge in [0.25, 0.3) is 0 Å². The van der Waals surface area contributed by atoms with E-state index in [2.05, 4.69) is 6.92 Å². The molecule has 1 rings (SSSR count). The molecule has 2 heteroatoms. The molecule has 0 spiro atoms. The fourth-order valence-corrected chi connectivity index (χ4v) is 1.56. The van der Waals surface area contributed by atoms with Crippen LogP contribution in [0.3, 0.4) is 0 Å². The molecule has 1 aliphatic heterocycles. The third-order valence-electron chi connectivity index (χ3n) is 1.93. The summed E-state index contributed by atoms with van der Waals surface area (Å²) in [6.07, 6.45) is 3.02. The van der Waals surface area contributed by atoms with E-state index in [9.17, 15) is 4.79 Å². The minimum Gasteiger partial charge on any atom is -0.368 e. The first-order chi connectivity index (χ1) is 4.72. The number of carbonyl (C=O) groups excluding carboxylic acids is 1. The van der Waals surface area contributed by atoms with Gasteiger partial charge in [0, 0.05) is 0 Å². The van der Waals surface area contributed by atoms with Crippen molar-refractivity contribution >= 4 is 6.29 Å². The van der Waals surface area contributed by atoms with Crippen molar-refractivity contribution in [3.05, 3.63) is 0 Å². The monoisotopic (exact) mass is 142 g/mol. The van der Waals surface area contributed by atoms with Gasteiger partial charge in [-0.25, -0.2) is 0 Å². The first-order valence-corrected chi connectivity index (χ1v) is 3.83. The van der Waals surface area contributed by atoms with E-state index in [0.717, 1.165) is 19.1 Å². The Balaban J connectivity index is 2.42. The van der Waals surface area contributed by atoms with Gasteiger partial charge in [-0.3, -0.25) is 0 Å². The van der Waals surface area contributed by atoms with Crippen LogP contribution in [0.1, 0.15) is 26.7 Å². The number of hydrogen-bond donors (Lipinski definition) is 0. The van der Waals surface area contributed by atoms with Crippen LogP contribution in [-0.4, -0.2) is 18.5 Å². The molecule has 10 heavy (non-hydrogen) atoms. The van der Waals surface area contributed by atoms with Gasteiger partial charge in [-0.2, -0.15) is 0 Å². The summed E-state index contributed by atoms with van der Waals surface area (Å²) in [5.74, 6) is 0.638. The van der Waals surface area contributed by atoms with Gasteiger partial charge in [-0.15, -0.1) is 0 Å². The van der Waals surface area contributed by atoms with Crippen LogP contribution in [0.4, 0.5) is 0 Å². The Bertz CT molecular complexity index is 112. The van der Waals surface area contributed by atoms with Gasteiger partial charge in [0.1, 0.15) is 12.4 Å². The SMILES string of the molecule is CC1C[C@H](C)CC(C=O)O1. The number of rotatable bonds is 1. The van der Waals surface area contributed by atoms with E-state index in [-0.39, 0.29) is 12.2 Å². The Hall–Kier alpha value is -0.370. The third kappa shape index (κ3) is 1.81. The van der Waals surface area contributed by atoms with Crippen molar-refractivity contribution < 1.29 is 9.53 Å². The van der Waals surface area contributed by atoms with Crippen molar-refractivity contribution in [2.24, 2.45) is 5.92 Å². The first kappa shape index (κ1) is 7.73. The summed E-state index contributed by atoms with van der Waals surface area (Å²) in [5, 5.41) is 0. The maximum atomic E-state index is 10.3. The van der Waals surface area contributed by atoms with Crippen molar-refractivity contribution in [1.82, 2.24) is 0 Å². The standard InChI is InChI=1S/C8H14O2/c1-6-3-7(2)10-8(4-6)5-9/h5-8H,3-4H2,1-2H3/t6-,7?,8?/m0/s1. The van der Waals surface area contributed by atoms with Gasteiger partial charge >= 0.3 is 0 Å². The second-order valence-corrected chi connectivity index (χ2v) is 3.20. The Kier molecular flexibility index (Phi) is 2.44. The summed E-state index contributed by atoms with van der Waals surface area (Å²) in [4.78, 5) is 10.3. The molecule has 0 saturated carbocycles. The molecular formula is C8H14O2. The quantitative estimate of drug-likeness (QED) is 0.517. The molecule has 0 aromatic rings. The lowest BCUT2D eigenvalue weighted by Gasteiger charge is -2.28. The van der Waals surface area contributed by atoms with Gasteiger partial charge in [0.15, 0.2) is 0 Å². The van der Waals surface area contributed by atoms with Crippen molar-refractivity contribution in [3.8, 4) is 0 Å². The summed E-state index contributed by atoms with van der Waals surface area (Å²) >= 11 is 0. The normalized spacial score (nSPS) is 41.2. The molecule has 2 unspecified atom stereocenters. The molecule has 1 aliphatic rings. The first-order valence-electron chi connectivity index (χ1n) is 3.83. The lowest BCUT2D eigenvalue weighted by Crippen LogP contribution is -2.30. The van der Waals surface area contributed by atoms with Crippen molar-refractivity contribution in [1.29, 1.82) is 0 Å². The lowest BCUT2D eigenvalue weighted by molar-refractivity contribution is -0.128. The van der Waals surface area contributed by atoms with E-state index < -0.39 is 0 Å². The molecular weight excluding hydrogens is 128 g/mol. The van der Waals surface area contributed by atoms with Gasteiger partial charge in [0.05, 0.1) is 6.10 Å². The van der Waals surface area contributed by atoms with Gasteiger partial charge in [-0.1, -0.05) is 6.92 Å². The Labute approximate surface area is 61.6 Å². The molecule has 1 fully saturated rings. The van der Waals surface area contributed by atoms with Crippen LogP contribution in [0.25, 0.3) is 0 Å². The summed E-state index contributed by atoms with van der Waals surface area (Å²) in [6, 6.07) is 0. The average molecular weight is 142 g/mol. The summed E-state index contributed by atoms with van der Waals surface area (Å²) in [5.41, 5.74) is 0. The third-order valence-corrected chi connectivity index (χ3v) is 1.93. The zero-order valence-corrected chi connectivity index (χ0v) is 6.54. The van der Waals surface area contributed by atoms with Gasteiger partial charge in [-0.05, 0) is 25.7 Å². The van der Waals surface area contributed by atoms with E-state index in [1.165, 1.54) is 0 Å². The maximum absolute atomic E-state index is 10.3. The van der Waals surface area contributed by atoms with Gasteiger partial charge < -0.3 is 9.53 Å². The van der Waals surface area contributed by atoms with Crippen LogP contribution in [-0.2, 0) is 9.53 Å². The average Bonchev–Trinajstić information content (AvgIpc) is 1.85. The number of aldehydes is 1. The van der Waals surface area contributed by atoms with E-state index >= 15 is 0 Å². The topological polar surface area (TPSA) is 26.3 Å². The highest BCUT2D eigenvalue weighted by molar-refractivity contribution is 5.56. The maximum Gasteiger partial charge on any atom is 0.148 e. The van der Waals surface area contributed by atoms with Crippen molar-refractivity contribution in [2.75, 3.05) is 0 Å². The molecule has 3 atom stereocenters. The van der Waals surface area contributed by atoms with Crippen molar-refractivity contribution in [3.63, 3.8) is 0 Å². The molecule has 1 saturated heterocycles. The second-order valence-electron chi connectivity index (χ2n) is 3.20. The number of carbonyl (C=O) groups is 1. The van der Waals surface area contributed by atoms with E-state index in [4.69, 9.17) is 4.74 Å². The van der Waals surface area contributed by atoms with E-state index in [1.807, 2.05) is 6.92 Å². The fourth-order valence-electron chi connectivity index (χ4n) is 1.56. The van der Waals surface area contributed by atoms with Crippen LogP contribution < -0.4 is 0 Å². The van der Waals surface area contributed by atoms with E-state index in [0.29, 0.717) is 5.92 Å². The predicted molar refractivity (Wildman–Crippen MR) is 38.8 cm³/mol. The largest absolute Gasteiger partial charge is 0.368 e. The van der Waals surface area contributed by atoms with E-state index in [1.54, 1.807) is 0 Å². The van der Waals surface area contributed by atoms with Crippen LogP contribution in [0.15, 0.2) is 0 Å². The summed E-state index contributed by atoms with van der Waals surface area (Å²) in [6.45, 7) is 4.18. The molecule has 0 N–H and O–H groups in total. The van der Waals surface area contributed by atoms with Crippen LogP contribution >= 0.6 is 0 Å².